The third kappa shape index (κ3) is 1.10. The molecule has 0 radical (unpaired) electrons. The van der Waals surface area contributed by atoms with Gasteiger partial charge in [-0.25, -0.2) is 0 Å². The molecule has 1 aliphatic heterocycles. The van der Waals surface area contributed by atoms with Crippen molar-refractivity contribution >= 4 is 33.7 Å². The van der Waals surface area contributed by atoms with Gasteiger partial charge >= 0.3 is 0 Å². The van der Waals surface area contributed by atoms with Gasteiger partial charge in [0.2, 0.25) is 0 Å². The first-order valence-corrected chi connectivity index (χ1v) is 4.48. The van der Waals surface area contributed by atoms with Crippen LogP contribution >= 0.6 is 27.5 Å². The van der Waals surface area contributed by atoms with Gasteiger partial charge in [-0.3, -0.25) is 4.99 Å². The molecular formula is C8H5BrClN. The van der Waals surface area contributed by atoms with Crippen molar-refractivity contribution in [2.75, 3.05) is 0 Å². The highest BCUT2D eigenvalue weighted by atomic mass is 79.9. The second-order valence-electron chi connectivity index (χ2n) is 2.37. The largest absolute Gasteiger partial charge is 0.257 e. The fourth-order valence-corrected chi connectivity index (χ4v) is 1.74. The van der Waals surface area contributed by atoms with E-state index in [9.17, 15) is 0 Å². The van der Waals surface area contributed by atoms with Gasteiger partial charge in [-0.05, 0) is 18.2 Å². The Balaban J connectivity index is 2.46. The molecule has 1 nitrogen and oxygen atoms in total. The summed E-state index contributed by atoms with van der Waals surface area (Å²) >= 11 is 9.44. The molecule has 11 heavy (non-hydrogen) atoms. The number of halogens is 2. The summed E-state index contributed by atoms with van der Waals surface area (Å²) in [6.45, 7) is 0. The number of hydrogen-bond donors (Lipinski definition) is 0. The fourth-order valence-electron chi connectivity index (χ4n) is 1.10. The minimum atomic E-state index is -0.0579. The Bertz CT molecular complexity index is 312. The van der Waals surface area contributed by atoms with Crippen molar-refractivity contribution in [1.82, 2.24) is 0 Å². The topological polar surface area (TPSA) is 12.4 Å². The molecule has 0 aromatic carbocycles. The molecule has 0 amide bonds. The van der Waals surface area contributed by atoms with E-state index in [1.54, 1.807) is 6.21 Å². The van der Waals surface area contributed by atoms with Crippen LogP contribution in [0.25, 0.3) is 0 Å². The number of aliphatic imine (C=N–C) groups is 1. The van der Waals surface area contributed by atoms with Crippen LogP contribution < -0.4 is 0 Å². The maximum absolute atomic E-state index is 6.06. The van der Waals surface area contributed by atoms with Crippen LogP contribution in [0.1, 0.15) is 0 Å². The Kier molecular flexibility index (Phi) is 1.74. The predicted octanol–water partition coefficient (Wildman–Crippen LogP) is 2.78. The molecule has 1 heterocycles. The molecule has 2 aliphatic rings. The zero-order valence-electron chi connectivity index (χ0n) is 5.59. The van der Waals surface area contributed by atoms with Crippen LogP contribution in [0.3, 0.4) is 0 Å². The summed E-state index contributed by atoms with van der Waals surface area (Å²) in [7, 11) is 0. The highest BCUT2D eigenvalue weighted by molar-refractivity contribution is 9.11. The van der Waals surface area contributed by atoms with Gasteiger partial charge in [0.15, 0.2) is 0 Å². The lowest BCUT2D eigenvalue weighted by Gasteiger charge is -2.14. The summed E-state index contributed by atoms with van der Waals surface area (Å²) in [5, 5.41) is -0.0579. The lowest BCUT2D eigenvalue weighted by atomic mass is 10.1. The summed E-state index contributed by atoms with van der Waals surface area (Å²) < 4.78 is 1.000. The van der Waals surface area contributed by atoms with Crippen molar-refractivity contribution in [3.05, 3.63) is 34.0 Å². The van der Waals surface area contributed by atoms with Crippen LogP contribution in [0.4, 0.5) is 0 Å². The van der Waals surface area contributed by atoms with Gasteiger partial charge in [-0.15, -0.1) is 11.6 Å². The van der Waals surface area contributed by atoms with Crippen molar-refractivity contribution < 1.29 is 0 Å². The average molecular weight is 230 g/mol. The lowest BCUT2D eigenvalue weighted by molar-refractivity contribution is 1.18. The normalized spacial score (nSPS) is 27.5. The molecule has 1 aliphatic carbocycles. The molecule has 0 saturated heterocycles. The Morgan fingerprint density at radius 1 is 1.36 bits per heavy atom. The van der Waals surface area contributed by atoms with Gasteiger partial charge < -0.3 is 0 Å². The number of nitrogens with zero attached hydrogens (tertiary/aromatic N) is 1. The standard InChI is InChI=1S/C8H5BrClN/c9-6-1-2-7-5(8(6)10)3-4-11-7/h1-4,8H. The minimum absolute atomic E-state index is 0.0579. The van der Waals surface area contributed by atoms with Gasteiger partial charge in [0, 0.05) is 16.3 Å². The molecule has 0 saturated carbocycles. The van der Waals surface area contributed by atoms with Crippen molar-refractivity contribution in [2.24, 2.45) is 4.99 Å². The minimum Gasteiger partial charge on any atom is -0.257 e. The molecule has 0 aromatic rings. The molecular weight excluding hydrogens is 225 g/mol. The van der Waals surface area contributed by atoms with Crippen LogP contribution in [-0.4, -0.2) is 11.6 Å². The maximum atomic E-state index is 6.06. The lowest BCUT2D eigenvalue weighted by Crippen LogP contribution is -2.06. The zero-order chi connectivity index (χ0) is 7.84. The highest BCUT2D eigenvalue weighted by Crippen LogP contribution is 2.34. The number of alkyl halides is 1. The van der Waals surface area contributed by atoms with Crippen LogP contribution in [0, 0.1) is 0 Å². The van der Waals surface area contributed by atoms with E-state index in [2.05, 4.69) is 20.9 Å². The number of hydrogen-bond acceptors (Lipinski definition) is 1. The molecule has 0 fully saturated rings. The van der Waals surface area contributed by atoms with Gasteiger partial charge in [0.05, 0.1) is 11.1 Å². The molecule has 0 N–H and O–H groups in total. The van der Waals surface area contributed by atoms with Crippen molar-refractivity contribution in [2.45, 2.75) is 5.38 Å². The average Bonchev–Trinajstić information content (AvgIpc) is 2.45. The molecule has 1 unspecified atom stereocenters. The molecule has 3 heteroatoms. The predicted molar refractivity (Wildman–Crippen MR) is 51.3 cm³/mol. The zero-order valence-corrected chi connectivity index (χ0v) is 7.93. The SMILES string of the molecule is ClC1C(Br)=CC=C2N=CC=C21. The van der Waals surface area contributed by atoms with E-state index in [1.165, 1.54) is 0 Å². The van der Waals surface area contributed by atoms with E-state index in [-0.39, 0.29) is 5.38 Å². The quantitative estimate of drug-likeness (QED) is 0.568. The second kappa shape index (κ2) is 2.61. The van der Waals surface area contributed by atoms with Crippen molar-refractivity contribution in [1.29, 1.82) is 0 Å². The van der Waals surface area contributed by atoms with E-state index in [0.29, 0.717) is 0 Å². The number of allylic oxidation sites excluding steroid dienone is 5. The van der Waals surface area contributed by atoms with Gasteiger partial charge in [0.25, 0.3) is 0 Å². The highest BCUT2D eigenvalue weighted by Gasteiger charge is 2.22. The van der Waals surface area contributed by atoms with E-state index < -0.39 is 0 Å². The van der Waals surface area contributed by atoms with Gasteiger partial charge in [-0.2, -0.15) is 0 Å². The smallest absolute Gasteiger partial charge is 0.0921 e. The summed E-state index contributed by atoms with van der Waals surface area (Å²) in [4.78, 5) is 4.14. The third-order valence-electron chi connectivity index (χ3n) is 1.68. The van der Waals surface area contributed by atoms with Crippen molar-refractivity contribution in [3.8, 4) is 0 Å². The first-order chi connectivity index (χ1) is 5.29. The van der Waals surface area contributed by atoms with E-state index in [4.69, 9.17) is 11.6 Å². The summed E-state index contributed by atoms with van der Waals surface area (Å²) in [5.41, 5.74) is 2.06. The van der Waals surface area contributed by atoms with E-state index in [1.807, 2.05) is 18.2 Å². The van der Waals surface area contributed by atoms with E-state index >= 15 is 0 Å². The van der Waals surface area contributed by atoms with Crippen LogP contribution in [0.2, 0.25) is 0 Å². The van der Waals surface area contributed by atoms with Gasteiger partial charge in [-0.1, -0.05) is 15.9 Å². The Morgan fingerprint density at radius 2 is 2.18 bits per heavy atom. The summed E-state index contributed by atoms with van der Waals surface area (Å²) in [6.07, 6.45) is 7.61. The monoisotopic (exact) mass is 229 g/mol. The van der Waals surface area contributed by atoms with Crippen LogP contribution in [-0.2, 0) is 0 Å². The van der Waals surface area contributed by atoms with E-state index in [0.717, 1.165) is 15.8 Å². The Hall–Kier alpha value is -0.340. The Morgan fingerprint density at radius 3 is 3.00 bits per heavy atom. The number of rotatable bonds is 0. The molecule has 0 spiro atoms. The molecule has 0 bridgehead atoms. The van der Waals surface area contributed by atoms with Gasteiger partial charge in [0.1, 0.15) is 0 Å². The number of fused-ring (bicyclic) bond motifs is 1. The fraction of sp³-hybridized carbons (Fsp3) is 0.125. The van der Waals surface area contributed by atoms with Crippen molar-refractivity contribution in [3.63, 3.8) is 0 Å². The molecule has 2 rings (SSSR count). The second-order valence-corrected chi connectivity index (χ2v) is 3.72. The van der Waals surface area contributed by atoms with Crippen LogP contribution in [0.15, 0.2) is 39.0 Å². The molecule has 0 aromatic heterocycles. The van der Waals surface area contributed by atoms with Crippen LogP contribution in [0.5, 0.6) is 0 Å². The summed E-state index contributed by atoms with van der Waals surface area (Å²) in [6, 6.07) is 0. The Labute approximate surface area is 78.3 Å². The first kappa shape index (κ1) is 7.32. The molecule has 1 atom stereocenters. The molecule has 56 valence electrons. The first-order valence-electron chi connectivity index (χ1n) is 3.25. The maximum Gasteiger partial charge on any atom is 0.0921 e. The third-order valence-corrected chi connectivity index (χ3v) is 3.14. The summed E-state index contributed by atoms with van der Waals surface area (Å²) in [5.74, 6) is 0.